The molecule has 2 aromatic carbocycles. The molecule has 0 bridgehead atoms. The largest absolute Gasteiger partial charge is 0.490 e. The predicted octanol–water partition coefficient (Wildman–Crippen LogP) is 3.48. The van der Waals surface area contributed by atoms with Crippen molar-refractivity contribution in [3.8, 4) is 11.5 Å². The SMILES string of the molecule is OC1COc2cc(OCc3cccc(Cl)c3F)ccc21. The van der Waals surface area contributed by atoms with E-state index in [9.17, 15) is 9.50 Å². The van der Waals surface area contributed by atoms with E-state index >= 15 is 0 Å². The van der Waals surface area contributed by atoms with Crippen LogP contribution in [0.3, 0.4) is 0 Å². The first-order chi connectivity index (χ1) is 9.65. The van der Waals surface area contributed by atoms with Gasteiger partial charge in [0.25, 0.3) is 0 Å². The molecule has 0 radical (unpaired) electrons. The summed E-state index contributed by atoms with van der Waals surface area (Å²) >= 11 is 5.71. The van der Waals surface area contributed by atoms with Gasteiger partial charge in [0.15, 0.2) is 0 Å². The lowest BCUT2D eigenvalue weighted by molar-refractivity contribution is 0.140. The second-order valence-corrected chi connectivity index (χ2v) is 4.94. The lowest BCUT2D eigenvalue weighted by Gasteiger charge is -2.09. The third-order valence-corrected chi connectivity index (χ3v) is 3.46. The number of halogens is 2. The third kappa shape index (κ3) is 2.44. The molecule has 0 aliphatic carbocycles. The summed E-state index contributed by atoms with van der Waals surface area (Å²) in [5.74, 6) is 0.681. The van der Waals surface area contributed by atoms with E-state index in [1.54, 1.807) is 30.3 Å². The molecular weight excluding hydrogens is 283 g/mol. The van der Waals surface area contributed by atoms with Gasteiger partial charge < -0.3 is 14.6 Å². The van der Waals surface area contributed by atoms with Gasteiger partial charge in [-0.25, -0.2) is 4.39 Å². The second-order valence-electron chi connectivity index (χ2n) is 4.53. The maximum atomic E-state index is 13.7. The van der Waals surface area contributed by atoms with E-state index in [4.69, 9.17) is 21.1 Å². The standard InChI is InChI=1S/C15H12ClFO3/c16-12-3-1-2-9(15(12)17)7-19-10-4-5-11-13(18)8-20-14(11)6-10/h1-6,13,18H,7-8H2. The summed E-state index contributed by atoms with van der Waals surface area (Å²) in [6.07, 6.45) is -0.593. The monoisotopic (exact) mass is 294 g/mol. The molecule has 104 valence electrons. The van der Waals surface area contributed by atoms with Gasteiger partial charge in [-0.05, 0) is 18.2 Å². The Morgan fingerprint density at radius 3 is 3.05 bits per heavy atom. The molecule has 0 saturated carbocycles. The zero-order valence-corrected chi connectivity index (χ0v) is 11.2. The summed E-state index contributed by atoms with van der Waals surface area (Å²) in [5, 5.41) is 9.69. The summed E-state index contributed by atoms with van der Waals surface area (Å²) in [6, 6.07) is 9.94. The van der Waals surface area contributed by atoms with Gasteiger partial charge in [-0.1, -0.05) is 23.7 Å². The molecule has 1 aliphatic heterocycles. The molecule has 0 saturated heterocycles. The van der Waals surface area contributed by atoms with E-state index < -0.39 is 11.9 Å². The van der Waals surface area contributed by atoms with Gasteiger partial charge in [-0.3, -0.25) is 0 Å². The fraction of sp³-hybridized carbons (Fsp3) is 0.200. The number of hydrogen-bond acceptors (Lipinski definition) is 3. The molecule has 1 unspecified atom stereocenters. The van der Waals surface area contributed by atoms with Crippen LogP contribution in [0.2, 0.25) is 5.02 Å². The first-order valence-electron chi connectivity index (χ1n) is 6.15. The number of benzene rings is 2. The molecular formula is C15H12ClFO3. The topological polar surface area (TPSA) is 38.7 Å². The van der Waals surface area contributed by atoms with E-state index in [-0.39, 0.29) is 18.2 Å². The highest BCUT2D eigenvalue weighted by atomic mass is 35.5. The highest BCUT2D eigenvalue weighted by molar-refractivity contribution is 6.30. The number of aliphatic hydroxyl groups is 1. The molecule has 0 amide bonds. The highest BCUT2D eigenvalue weighted by Crippen LogP contribution is 2.35. The number of fused-ring (bicyclic) bond motifs is 1. The molecule has 1 aliphatic rings. The summed E-state index contributed by atoms with van der Waals surface area (Å²) in [4.78, 5) is 0. The molecule has 0 fully saturated rings. The normalized spacial score (nSPS) is 16.6. The minimum atomic E-state index is -0.593. The molecule has 1 N–H and O–H groups in total. The lowest BCUT2D eigenvalue weighted by atomic mass is 10.1. The third-order valence-electron chi connectivity index (χ3n) is 3.17. The van der Waals surface area contributed by atoms with Gasteiger partial charge in [0.05, 0.1) is 5.02 Å². The van der Waals surface area contributed by atoms with Crippen molar-refractivity contribution in [1.82, 2.24) is 0 Å². The Balaban J connectivity index is 1.74. The van der Waals surface area contributed by atoms with Crippen LogP contribution in [0.1, 0.15) is 17.2 Å². The van der Waals surface area contributed by atoms with Gasteiger partial charge in [0.1, 0.15) is 36.6 Å². The van der Waals surface area contributed by atoms with Gasteiger partial charge >= 0.3 is 0 Å². The molecule has 5 heteroatoms. The molecule has 3 rings (SSSR count). The number of ether oxygens (including phenoxy) is 2. The van der Waals surface area contributed by atoms with Crippen molar-refractivity contribution >= 4 is 11.6 Å². The quantitative estimate of drug-likeness (QED) is 0.942. The average Bonchev–Trinajstić information content (AvgIpc) is 2.82. The molecule has 0 aromatic heterocycles. The van der Waals surface area contributed by atoms with Gasteiger partial charge in [-0.15, -0.1) is 0 Å². The van der Waals surface area contributed by atoms with Crippen molar-refractivity contribution in [2.75, 3.05) is 6.61 Å². The Morgan fingerprint density at radius 2 is 2.20 bits per heavy atom. The summed E-state index contributed by atoms with van der Waals surface area (Å²) in [6.45, 7) is 0.329. The molecule has 20 heavy (non-hydrogen) atoms. The fourth-order valence-corrected chi connectivity index (χ4v) is 2.28. The maximum absolute atomic E-state index is 13.7. The average molecular weight is 295 g/mol. The molecule has 1 atom stereocenters. The highest BCUT2D eigenvalue weighted by Gasteiger charge is 2.22. The Hall–Kier alpha value is -1.78. The van der Waals surface area contributed by atoms with Crippen molar-refractivity contribution in [2.45, 2.75) is 12.7 Å². The van der Waals surface area contributed by atoms with Gasteiger partial charge in [-0.2, -0.15) is 0 Å². The van der Waals surface area contributed by atoms with Crippen molar-refractivity contribution in [3.05, 3.63) is 58.4 Å². The Bertz CT molecular complexity index is 645. The minimum absolute atomic E-state index is 0.0755. The zero-order chi connectivity index (χ0) is 14.1. The van der Waals surface area contributed by atoms with Crippen LogP contribution in [-0.2, 0) is 6.61 Å². The van der Waals surface area contributed by atoms with Crippen molar-refractivity contribution in [3.63, 3.8) is 0 Å². The van der Waals surface area contributed by atoms with E-state index in [1.165, 1.54) is 6.07 Å². The van der Waals surface area contributed by atoms with Crippen LogP contribution in [0.25, 0.3) is 0 Å². The predicted molar refractivity (Wildman–Crippen MR) is 72.6 cm³/mol. The Kier molecular flexibility index (Phi) is 3.51. The van der Waals surface area contributed by atoms with Crippen LogP contribution in [0, 0.1) is 5.82 Å². The molecule has 0 spiro atoms. The van der Waals surface area contributed by atoms with Crippen molar-refractivity contribution in [2.24, 2.45) is 0 Å². The maximum Gasteiger partial charge on any atom is 0.148 e. The Labute approximate surface area is 120 Å². The molecule has 2 aromatic rings. The molecule has 3 nitrogen and oxygen atoms in total. The minimum Gasteiger partial charge on any atom is -0.490 e. The van der Waals surface area contributed by atoms with E-state index in [0.29, 0.717) is 17.1 Å². The smallest absolute Gasteiger partial charge is 0.148 e. The molecule has 1 heterocycles. The number of rotatable bonds is 3. The number of aliphatic hydroxyl groups excluding tert-OH is 1. The van der Waals surface area contributed by atoms with Crippen LogP contribution in [0.4, 0.5) is 4.39 Å². The van der Waals surface area contributed by atoms with Crippen LogP contribution < -0.4 is 9.47 Å². The fourth-order valence-electron chi connectivity index (χ4n) is 2.08. The summed E-state index contributed by atoms with van der Waals surface area (Å²) < 4.78 is 24.6. The van der Waals surface area contributed by atoms with Gasteiger partial charge in [0.2, 0.25) is 0 Å². The first kappa shape index (κ1) is 13.2. The van der Waals surface area contributed by atoms with Crippen LogP contribution in [0.15, 0.2) is 36.4 Å². The van der Waals surface area contributed by atoms with E-state index in [1.807, 2.05) is 0 Å². The Morgan fingerprint density at radius 1 is 1.35 bits per heavy atom. The van der Waals surface area contributed by atoms with Gasteiger partial charge in [0, 0.05) is 17.2 Å². The van der Waals surface area contributed by atoms with E-state index in [2.05, 4.69) is 0 Å². The summed E-state index contributed by atoms with van der Waals surface area (Å²) in [7, 11) is 0. The second kappa shape index (κ2) is 5.31. The lowest BCUT2D eigenvalue weighted by Crippen LogP contribution is -1.99. The van der Waals surface area contributed by atoms with Crippen molar-refractivity contribution < 1.29 is 19.0 Å². The van der Waals surface area contributed by atoms with Crippen molar-refractivity contribution in [1.29, 1.82) is 0 Å². The van der Waals surface area contributed by atoms with E-state index in [0.717, 1.165) is 5.56 Å². The van der Waals surface area contributed by atoms with Crippen LogP contribution >= 0.6 is 11.6 Å². The van der Waals surface area contributed by atoms with Crippen LogP contribution in [0.5, 0.6) is 11.5 Å². The summed E-state index contributed by atoms with van der Waals surface area (Å²) in [5.41, 5.74) is 1.13. The zero-order valence-electron chi connectivity index (χ0n) is 10.5. The first-order valence-corrected chi connectivity index (χ1v) is 6.53. The van der Waals surface area contributed by atoms with Crippen LogP contribution in [-0.4, -0.2) is 11.7 Å². The number of hydrogen-bond donors (Lipinski definition) is 1.